The molecule has 0 spiro atoms. The Morgan fingerprint density at radius 2 is 1.93 bits per heavy atom. The van der Waals surface area contributed by atoms with Gasteiger partial charge in [-0.15, -0.1) is 8.19 Å². The van der Waals surface area contributed by atoms with Crippen molar-refractivity contribution in [1.82, 2.24) is 0 Å². The standard InChI is InChI=1S/C14H19P/c1-2-3-4-5-10-14-13-9-7-6-8-12(13)11-15-14/h6-9,11,15H,2-5,10H2,1H3. The van der Waals surface area contributed by atoms with Gasteiger partial charge in [-0.1, -0.05) is 50.5 Å². The molecule has 80 valence electrons. The van der Waals surface area contributed by atoms with Crippen LogP contribution < -0.4 is 0 Å². The number of rotatable bonds is 5. The predicted molar refractivity (Wildman–Crippen MR) is 71.3 cm³/mol. The molecule has 0 aliphatic heterocycles. The van der Waals surface area contributed by atoms with E-state index in [1.165, 1.54) is 42.9 Å². The molecule has 0 bridgehead atoms. The van der Waals surface area contributed by atoms with Crippen LogP contribution in [0.4, 0.5) is 0 Å². The highest BCUT2D eigenvalue weighted by Gasteiger charge is 2.01. The molecule has 1 aromatic heterocycles. The van der Waals surface area contributed by atoms with Crippen LogP contribution in [0.1, 0.15) is 37.9 Å². The lowest BCUT2D eigenvalue weighted by molar-refractivity contribution is 0.671. The normalized spacial score (nSPS) is 11.5. The summed E-state index contributed by atoms with van der Waals surface area (Å²) in [6.07, 6.45) is 6.80. The van der Waals surface area contributed by atoms with E-state index in [0.717, 1.165) is 8.19 Å². The van der Waals surface area contributed by atoms with Gasteiger partial charge in [-0.05, 0) is 34.7 Å². The Labute approximate surface area is 93.8 Å². The summed E-state index contributed by atoms with van der Waals surface area (Å²) in [6.45, 7) is 2.27. The first-order chi connectivity index (χ1) is 7.42. The number of unbranched alkanes of at least 4 members (excludes halogenated alkanes) is 3. The molecule has 0 nitrogen and oxygen atoms in total. The van der Waals surface area contributed by atoms with Crippen LogP contribution in [-0.4, -0.2) is 0 Å². The topological polar surface area (TPSA) is 0 Å². The average molecular weight is 218 g/mol. The molecule has 0 radical (unpaired) electrons. The second-order valence-electron chi connectivity index (χ2n) is 4.17. The largest absolute Gasteiger partial charge is 0.135 e. The van der Waals surface area contributed by atoms with Crippen molar-refractivity contribution in [3.8, 4) is 0 Å². The van der Waals surface area contributed by atoms with Crippen LogP contribution in [0.5, 0.6) is 0 Å². The number of fused-ring (bicyclic) bond motifs is 1. The van der Waals surface area contributed by atoms with Gasteiger partial charge in [0.25, 0.3) is 0 Å². The first-order valence-electron chi connectivity index (χ1n) is 5.97. The third-order valence-corrected chi connectivity index (χ3v) is 4.29. The van der Waals surface area contributed by atoms with Crippen molar-refractivity contribution in [3.63, 3.8) is 0 Å². The Morgan fingerprint density at radius 1 is 1.07 bits per heavy atom. The minimum atomic E-state index is 0.941. The van der Waals surface area contributed by atoms with E-state index in [1.807, 2.05) is 0 Å². The molecule has 0 saturated heterocycles. The monoisotopic (exact) mass is 218 g/mol. The van der Waals surface area contributed by atoms with Crippen LogP contribution in [0.3, 0.4) is 0 Å². The van der Waals surface area contributed by atoms with Gasteiger partial charge in [-0.2, -0.15) is 0 Å². The maximum Gasteiger partial charge on any atom is -0.0112 e. The van der Waals surface area contributed by atoms with E-state index in [4.69, 9.17) is 0 Å². The van der Waals surface area contributed by atoms with Crippen LogP contribution in [0, 0.1) is 0 Å². The van der Waals surface area contributed by atoms with Gasteiger partial charge in [0.05, 0.1) is 0 Å². The molecule has 0 aliphatic rings. The van der Waals surface area contributed by atoms with E-state index < -0.39 is 0 Å². The van der Waals surface area contributed by atoms with Gasteiger partial charge in [0.2, 0.25) is 0 Å². The number of hydrogen-bond acceptors (Lipinski definition) is 0. The SMILES string of the molecule is CCCCCCc1[pH]cc2ccccc12. The van der Waals surface area contributed by atoms with Crippen molar-refractivity contribution in [2.45, 2.75) is 39.0 Å². The van der Waals surface area contributed by atoms with E-state index in [0.29, 0.717) is 0 Å². The Balaban J connectivity index is 2.02. The second kappa shape index (κ2) is 5.37. The van der Waals surface area contributed by atoms with Crippen molar-refractivity contribution >= 4 is 19.0 Å². The van der Waals surface area contributed by atoms with E-state index in [9.17, 15) is 0 Å². The lowest BCUT2D eigenvalue weighted by Crippen LogP contribution is -1.81. The smallest absolute Gasteiger partial charge is 0.0112 e. The number of benzene rings is 1. The predicted octanol–water partition coefficient (Wildman–Crippen LogP) is 4.99. The summed E-state index contributed by atoms with van der Waals surface area (Å²) in [6, 6.07) is 8.82. The molecule has 1 aromatic carbocycles. The highest BCUT2D eigenvalue weighted by molar-refractivity contribution is 7.31. The Hall–Kier alpha value is -0.740. The molecule has 1 heteroatoms. The minimum absolute atomic E-state index is 0.941. The van der Waals surface area contributed by atoms with Crippen LogP contribution in [0.2, 0.25) is 0 Å². The van der Waals surface area contributed by atoms with Crippen molar-refractivity contribution < 1.29 is 0 Å². The zero-order valence-electron chi connectivity index (χ0n) is 9.42. The summed E-state index contributed by atoms with van der Waals surface area (Å²) < 4.78 is 0. The molecule has 2 aromatic rings. The fourth-order valence-corrected chi connectivity index (χ4v) is 3.36. The first kappa shape index (κ1) is 10.8. The number of aryl methyl sites for hydroxylation is 1. The van der Waals surface area contributed by atoms with E-state index in [-0.39, 0.29) is 0 Å². The molecule has 15 heavy (non-hydrogen) atoms. The van der Waals surface area contributed by atoms with E-state index in [2.05, 4.69) is 37.0 Å². The van der Waals surface area contributed by atoms with Crippen LogP contribution in [-0.2, 0) is 6.42 Å². The molecule has 0 saturated carbocycles. The van der Waals surface area contributed by atoms with Gasteiger partial charge < -0.3 is 0 Å². The zero-order valence-corrected chi connectivity index (χ0v) is 10.4. The summed E-state index contributed by atoms with van der Waals surface area (Å²) in [4.78, 5) is 0. The lowest BCUT2D eigenvalue weighted by Gasteiger charge is -1.99. The highest BCUT2D eigenvalue weighted by Crippen LogP contribution is 2.30. The fraction of sp³-hybridized carbons (Fsp3) is 0.429. The molecule has 0 amide bonds. The Kier molecular flexibility index (Phi) is 3.86. The summed E-state index contributed by atoms with van der Waals surface area (Å²) >= 11 is 0. The third-order valence-electron chi connectivity index (χ3n) is 2.97. The lowest BCUT2D eigenvalue weighted by atomic mass is 10.1. The molecule has 1 unspecified atom stereocenters. The van der Waals surface area contributed by atoms with Crippen LogP contribution in [0.25, 0.3) is 10.8 Å². The second-order valence-corrected chi connectivity index (χ2v) is 5.35. The third kappa shape index (κ3) is 2.63. The summed E-state index contributed by atoms with van der Waals surface area (Å²) in [5, 5.41) is 4.66. The van der Waals surface area contributed by atoms with E-state index in [1.54, 1.807) is 5.30 Å². The molecule has 0 N–H and O–H groups in total. The molecule has 0 aliphatic carbocycles. The maximum atomic E-state index is 2.39. The molecule has 0 fully saturated rings. The molecular weight excluding hydrogens is 199 g/mol. The Morgan fingerprint density at radius 3 is 2.80 bits per heavy atom. The van der Waals surface area contributed by atoms with Gasteiger partial charge >= 0.3 is 0 Å². The number of hydrogen-bond donors (Lipinski definition) is 0. The van der Waals surface area contributed by atoms with Gasteiger partial charge in [-0.25, -0.2) is 0 Å². The maximum absolute atomic E-state index is 2.39. The highest BCUT2D eigenvalue weighted by atomic mass is 31.0. The van der Waals surface area contributed by atoms with Crippen molar-refractivity contribution in [1.29, 1.82) is 0 Å². The van der Waals surface area contributed by atoms with Gasteiger partial charge in [0.1, 0.15) is 0 Å². The average Bonchev–Trinajstić information content (AvgIpc) is 2.68. The van der Waals surface area contributed by atoms with Crippen LogP contribution in [0.15, 0.2) is 30.1 Å². The van der Waals surface area contributed by atoms with Crippen molar-refractivity contribution in [3.05, 3.63) is 35.4 Å². The van der Waals surface area contributed by atoms with Gasteiger partial charge in [-0.3, -0.25) is 0 Å². The van der Waals surface area contributed by atoms with Crippen molar-refractivity contribution in [2.75, 3.05) is 0 Å². The molecule has 1 heterocycles. The summed E-state index contributed by atoms with van der Waals surface area (Å²) in [5.74, 6) is 2.39. The summed E-state index contributed by atoms with van der Waals surface area (Å²) in [5.41, 5.74) is 0. The Bertz CT molecular complexity index is 414. The quantitative estimate of drug-likeness (QED) is 0.620. The first-order valence-corrected chi connectivity index (χ1v) is 7.04. The molecule has 2 rings (SSSR count). The van der Waals surface area contributed by atoms with Crippen molar-refractivity contribution in [2.24, 2.45) is 0 Å². The minimum Gasteiger partial charge on any atom is -0.135 e. The zero-order chi connectivity index (χ0) is 10.5. The summed E-state index contributed by atoms with van der Waals surface area (Å²) in [7, 11) is 0.941. The van der Waals surface area contributed by atoms with Gasteiger partial charge in [0, 0.05) is 0 Å². The molecular formula is C14H19P. The van der Waals surface area contributed by atoms with Crippen LogP contribution >= 0.6 is 8.19 Å². The van der Waals surface area contributed by atoms with Gasteiger partial charge in [0.15, 0.2) is 0 Å². The van der Waals surface area contributed by atoms with E-state index >= 15 is 0 Å². The fourth-order valence-electron chi connectivity index (χ4n) is 2.08. The molecule has 1 atom stereocenters.